The highest BCUT2D eigenvalue weighted by Gasteiger charge is 2.16. The van der Waals surface area contributed by atoms with Crippen LogP contribution < -0.4 is 10.6 Å². The number of hydrogen-bond acceptors (Lipinski definition) is 3. The maximum Gasteiger partial charge on any atom is 0.259 e. The molecular formula is C15H12BrN3O. The lowest BCUT2D eigenvalue weighted by molar-refractivity contribution is 0.0992. The standard InChI is InChI=1S/C15H12BrN3O/c1-19(12-5-2-10(9-17)3-6-12)15(20)13-8-11(18)4-7-14(13)16/h2-8H,18H2,1H3. The number of nitrogens with zero attached hydrogens (tertiary/aromatic N) is 2. The van der Waals surface area contributed by atoms with Gasteiger partial charge in [-0.3, -0.25) is 4.79 Å². The van der Waals surface area contributed by atoms with E-state index in [1.54, 1.807) is 49.5 Å². The first-order valence-corrected chi connectivity index (χ1v) is 6.65. The van der Waals surface area contributed by atoms with Crippen molar-refractivity contribution in [3.63, 3.8) is 0 Å². The molecule has 0 spiro atoms. The number of rotatable bonds is 2. The molecule has 100 valence electrons. The number of benzene rings is 2. The van der Waals surface area contributed by atoms with Crippen LogP contribution in [0.1, 0.15) is 15.9 Å². The van der Waals surface area contributed by atoms with Crippen LogP contribution in [0.15, 0.2) is 46.9 Å². The van der Waals surface area contributed by atoms with Crippen molar-refractivity contribution in [1.29, 1.82) is 5.26 Å². The molecule has 2 aromatic carbocycles. The number of halogens is 1. The lowest BCUT2D eigenvalue weighted by Crippen LogP contribution is -2.26. The van der Waals surface area contributed by atoms with Crippen LogP contribution >= 0.6 is 15.9 Å². The van der Waals surface area contributed by atoms with Gasteiger partial charge in [-0.25, -0.2) is 0 Å². The number of amides is 1. The molecule has 1 amide bonds. The van der Waals surface area contributed by atoms with Crippen molar-refractivity contribution < 1.29 is 4.79 Å². The van der Waals surface area contributed by atoms with Crippen molar-refractivity contribution in [2.75, 3.05) is 17.7 Å². The van der Waals surface area contributed by atoms with Crippen molar-refractivity contribution >= 4 is 33.2 Å². The van der Waals surface area contributed by atoms with Crippen LogP contribution in [0.2, 0.25) is 0 Å². The molecule has 0 radical (unpaired) electrons. The molecule has 0 heterocycles. The summed E-state index contributed by atoms with van der Waals surface area (Å²) in [6.07, 6.45) is 0. The summed E-state index contributed by atoms with van der Waals surface area (Å²) >= 11 is 3.35. The predicted octanol–water partition coefficient (Wildman–Crippen LogP) is 3.18. The van der Waals surface area contributed by atoms with Gasteiger partial charge in [0, 0.05) is 22.9 Å². The maximum atomic E-state index is 12.4. The van der Waals surface area contributed by atoms with Crippen LogP contribution in [0, 0.1) is 11.3 Å². The lowest BCUT2D eigenvalue weighted by Gasteiger charge is -2.18. The molecular weight excluding hydrogens is 318 g/mol. The fourth-order valence-corrected chi connectivity index (χ4v) is 2.18. The van der Waals surface area contributed by atoms with Crippen molar-refractivity contribution in [3.05, 3.63) is 58.1 Å². The molecule has 0 atom stereocenters. The molecule has 2 N–H and O–H groups in total. The minimum Gasteiger partial charge on any atom is -0.399 e. The van der Waals surface area contributed by atoms with E-state index in [4.69, 9.17) is 11.0 Å². The molecule has 0 saturated heterocycles. The molecule has 0 unspecified atom stereocenters. The van der Waals surface area contributed by atoms with Crippen molar-refractivity contribution in [2.45, 2.75) is 0 Å². The predicted molar refractivity (Wildman–Crippen MR) is 82.4 cm³/mol. The Bertz CT molecular complexity index is 689. The van der Waals surface area contributed by atoms with E-state index in [2.05, 4.69) is 15.9 Å². The summed E-state index contributed by atoms with van der Waals surface area (Å²) in [7, 11) is 1.68. The summed E-state index contributed by atoms with van der Waals surface area (Å²) in [5, 5.41) is 8.77. The molecule has 0 bridgehead atoms. The van der Waals surface area contributed by atoms with Gasteiger partial charge in [-0.1, -0.05) is 0 Å². The maximum absolute atomic E-state index is 12.4. The van der Waals surface area contributed by atoms with E-state index in [-0.39, 0.29) is 5.91 Å². The van der Waals surface area contributed by atoms with Gasteiger partial charge in [0.2, 0.25) is 0 Å². The van der Waals surface area contributed by atoms with Crippen LogP contribution in [0.4, 0.5) is 11.4 Å². The molecule has 2 rings (SSSR count). The van der Waals surface area contributed by atoms with Crippen molar-refractivity contribution in [2.24, 2.45) is 0 Å². The van der Waals surface area contributed by atoms with Gasteiger partial charge in [0.1, 0.15) is 0 Å². The van der Waals surface area contributed by atoms with E-state index in [0.717, 1.165) is 0 Å². The Hall–Kier alpha value is -2.32. The van der Waals surface area contributed by atoms with E-state index in [1.165, 1.54) is 4.90 Å². The van der Waals surface area contributed by atoms with Crippen molar-refractivity contribution in [3.8, 4) is 6.07 Å². The molecule has 2 aromatic rings. The van der Waals surface area contributed by atoms with Gasteiger partial charge in [-0.05, 0) is 58.4 Å². The van der Waals surface area contributed by atoms with Crippen LogP contribution in [-0.4, -0.2) is 13.0 Å². The summed E-state index contributed by atoms with van der Waals surface area (Å²) in [5.74, 6) is -0.172. The average Bonchev–Trinajstić information content (AvgIpc) is 2.48. The Labute approximate surface area is 125 Å². The largest absolute Gasteiger partial charge is 0.399 e. The molecule has 0 aromatic heterocycles. The molecule has 0 aliphatic heterocycles. The van der Waals surface area contributed by atoms with E-state index in [9.17, 15) is 4.79 Å². The third-order valence-electron chi connectivity index (χ3n) is 2.91. The van der Waals surface area contributed by atoms with E-state index in [1.807, 2.05) is 6.07 Å². The Morgan fingerprint density at radius 3 is 2.50 bits per heavy atom. The van der Waals surface area contributed by atoms with Crippen molar-refractivity contribution in [1.82, 2.24) is 0 Å². The van der Waals surface area contributed by atoms with Crippen LogP contribution in [0.3, 0.4) is 0 Å². The monoisotopic (exact) mass is 329 g/mol. The summed E-state index contributed by atoms with van der Waals surface area (Å²) in [5.41, 5.74) is 8.01. The van der Waals surface area contributed by atoms with Gasteiger partial charge >= 0.3 is 0 Å². The molecule has 0 fully saturated rings. The van der Waals surface area contributed by atoms with Gasteiger partial charge in [-0.15, -0.1) is 0 Å². The third-order valence-corrected chi connectivity index (χ3v) is 3.60. The number of hydrogen-bond donors (Lipinski definition) is 1. The van der Waals surface area contributed by atoms with E-state index < -0.39 is 0 Å². The first-order chi connectivity index (χ1) is 9.52. The Kier molecular flexibility index (Phi) is 4.06. The second kappa shape index (κ2) is 5.76. The van der Waals surface area contributed by atoms with Gasteiger partial charge in [0.05, 0.1) is 17.2 Å². The van der Waals surface area contributed by atoms with E-state index in [0.29, 0.717) is 27.0 Å². The zero-order chi connectivity index (χ0) is 14.7. The molecule has 4 nitrogen and oxygen atoms in total. The van der Waals surface area contributed by atoms with E-state index >= 15 is 0 Å². The molecule has 0 aliphatic rings. The zero-order valence-electron chi connectivity index (χ0n) is 10.8. The number of anilines is 2. The highest BCUT2D eigenvalue weighted by atomic mass is 79.9. The number of nitrogen functional groups attached to an aromatic ring is 1. The topological polar surface area (TPSA) is 70.1 Å². The summed E-state index contributed by atoms with van der Waals surface area (Å²) in [6.45, 7) is 0. The summed E-state index contributed by atoms with van der Waals surface area (Å²) in [6, 6.07) is 14.0. The zero-order valence-corrected chi connectivity index (χ0v) is 12.4. The van der Waals surface area contributed by atoms with Crippen LogP contribution in [-0.2, 0) is 0 Å². The smallest absolute Gasteiger partial charge is 0.259 e. The normalized spacial score (nSPS) is 9.85. The van der Waals surface area contributed by atoms with Crippen LogP contribution in [0.25, 0.3) is 0 Å². The fourth-order valence-electron chi connectivity index (χ4n) is 1.76. The quantitative estimate of drug-likeness (QED) is 0.860. The number of nitrogens with two attached hydrogens (primary N) is 1. The fraction of sp³-hybridized carbons (Fsp3) is 0.0667. The lowest BCUT2D eigenvalue weighted by atomic mass is 10.1. The molecule has 20 heavy (non-hydrogen) atoms. The van der Waals surface area contributed by atoms with Gasteiger partial charge in [0.25, 0.3) is 5.91 Å². The number of carbonyl (C=O) groups is 1. The first-order valence-electron chi connectivity index (χ1n) is 5.86. The number of carbonyl (C=O) groups excluding carboxylic acids is 1. The Morgan fingerprint density at radius 1 is 1.25 bits per heavy atom. The Balaban J connectivity index is 2.32. The number of nitriles is 1. The van der Waals surface area contributed by atoms with Crippen LogP contribution in [0.5, 0.6) is 0 Å². The summed E-state index contributed by atoms with van der Waals surface area (Å²) in [4.78, 5) is 14.0. The minimum atomic E-state index is -0.172. The minimum absolute atomic E-state index is 0.172. The van der Waals surface area contributed by atoms with Gasteiger partial charge < -0.3 is 10.6 Å². The second-order valence-electron chi connectivity index (χ2n) is 4.26. The summed E-state index contributed by atoms with van der Waals surface area (Å²) < 4.78 is 0.692. The molecule has 0 aliphatic carbocycles. The second-order valence-corrected chi connectivity index (χ2v) is 5.12. The highest BCUT2D eigenvalue weighted by molar-refractivity contribution is 9.10. The third kappa shape index (κ3) is 2.81. The highest BCUT2D eigenvalue weighted by Crippen LogP contribution is 2.23. The average molecular weight is 330 g/mol. The first kappa shape index (κ1) is 14.1. The molecule has 0 saturated carbocycles. The SMILES string of the molecule is CN(C(=O)c1cc(N)ccc1Br)c1ccc(C#N)cc1. The van der Waals surface area contributed by atoms with Gasteiger partial charge in [-0.2, -0.15) is 5.26 Å². The van der Waals surface area contributed by atoms with Gasteiger partial charge in [0.15, 0.2) is 0 Å². The molecule has 5 heteroatoms. The Morgan fingerprint density at radius 2 is 1.90 bits per heavy atom.